The molecule has 2 N–H and O–H groups in total. The fraction of sp³-hybridized carbons (Fsp3) is 0.400. The first-order valence-electron chi connectivity index (χ1n) is 11.4. The van der Waals surface area contributed by atoms with Crippen LogP contribution in [0.4, 0.5) is 10.5 Å². The lowest BCUT2D eigenvalue weighted by Gasteiger charge is -2.36. The van der Waals surface area contributed by atoms with Gasteiger partial charge in [0.1, 0.15) is 0 Å². The van der Waals surface area contributed by atoms with Crippen molar-refractivity contribution in [1.82, 2.24) is 15.1 Å². The molecule has 1 saturated carbocycles. The molecule has 168 valence electrons. The summed E-state index contributed by atoms with van der Waals surface area (Å²) in [6.07, 6.45) is 5.75. The number of benzene rings is 2. The SMILES string of the molecule is O=C(Nc1ccc(C(=O)N2CCN(C(=O)NC3CCCCC3)CC2)cc1)c1ccccc1. The standard InChI is InChI=1S/C25H30N4O3/c30-23(19-7-3-1-4-8-19)26-22-13-11-20(12-14-22)24(31)28-15-17-29(18-16-28)25(32)27-21-9-5-2-6-10-21/h1,3-4,7-8,11-14,21H,2,5-6,9-10,15-18H2,(H,26,30)(H,27,32). The molecule has 0 aromatic heterocycles. The maximum atomic E-state index is 12.9. The Balaban J connectivity index is 1.26. The predicted octanol–water partition coefficient (Wildman–Crippen LogP) is 3.74. The summed E-state index contributed by atoms with van der Waals surface area (Å²) < 4.78 is 0. The van der Waals surface area contributed by atoms with E-state index in [2.05, 4.69) is 10.6 Å². The minimum Gasteiger partial charge on any atom is -0.335 e. The Morgan fingerprint density at radius 1 is 0.719 bits per heavy atom. The van der Waals surface area contributed by atoms with Crippen LogP contribution in [0.3, 0.4) is 0 Å². The lowest BCUT2D eigenvalue weighted by Crippen LogP contribution is -2.54. The molecular weight excluding hydrogens is 404 g/mol. The molecule has 2 aliphatic rings. The number of amides is 4. The number of hydrogen-bond donors (Lipinski definition) is 2. The molecule has 2 aromatic rings. The highest BCUT2D eigenvalue weighted by Crippen LogP contribution is 2.18. The monoisotopic (exact) mass is 434 g/mol. The van der Waals surface area contributed by atoms with Crippen molar-refractivity contribution in [2.75, 3.05) is 31.5 Å². The van der Waals surface area contributed by atoms with Crippen LogP contribution < -0.4 is 10.6 Å². The van der Waals surface area contributed by atoms with E-state index in [4.69, 9.17) is 0 Å². The summed E-state index contributed by atoms with van der Waals surface area (Å²) in [5.41, 5.74) is 1.79. The third kappa shape index (κ3) is 5.46. The van der Waals surface area contributed by atoms with Crippen LogP contribution >= 0.6 is 0 Å². The number of nitrogens with zero attached hydrogens (tertiary/aromatic N) is 2. The van der Waals surface area contributed by atoms with Crippen LogP contribution in [0.5, 0.6) is 0 Å². The zero-order valence-corrected chi connectivity index (χ0v) is 18.3. The van der Waals surface area contributed by atoms with E-state index in [9.17, 15) is 14.4 Å². The predicted molar refractivity (Wildman–Crippen MR) is 124 cm³/mol. The van der Waals surface area contributed by atoms with Crippen molar-refractivity contribution in [2.24, 2.45) is 0 Å². The van der Waals surface area contributed by atoms with Crippen molar-refractivity contribution in [3.63, 3.8) is 0 Å². The van der Waals surface area contributed by atoms with Crippen molar-refractivity contribution in [2.45, 2.75) is 38.1 Å². The highest BCUT2D eigenvalue weighted by Gasteiger charge is 2.26. The van der Waals surface area contributed by atoms with Crippen LogP contribution in [0.25, 0.3) is 0 Å². The van der Waals surface area contributed by atoms with E-state index < -0.39 is 0 Å². The zero-order chi connectivity index (χ0) is 22.3. The minimum absolute atomic E-state index is 0.0116. The van der Waals surface area contributed by atoms with E-state index in [0.717, 1.165) is 12.8 Å². The van der Waals surface area contributed by atoms with Gasteiger partial charge in [-0.1, -0.05) is 37.5 Å². The zero-order valence-electron chi connectivity index (χ0n) is 18.3. The maximum absolute atomic E-state index is 12.9. The number of carbonyl (C=O) groups excluding carboxylic acids is 3. The number of anilines is 1. The molecule has 32 heavy (non-hydrogen) atoms. The van der Waals surface area contributed by atoms with Crippen molar-refractivity contribution >= 4 is 23.5 Å². The number of hydrogen-bond acceptors (Lipinski definition) is 3. The average molecular weight is 435 g/mol. The third-order valence-electron chi connectivity index (χ3n) is 6.21. The molecule has 4 rings (SSSR count). The van der Waals surface area contributed by atoms with E-state index in [0.29, 0.717) is 43.0 Å². The second kappa shape index (κ2) is 10.3. The molecule has 0 unspecified atom stereocenters. The Kier molecular flexibility index (Phi) is 7.04. The van der Waals surface area contributed by atoms with Gasteiger partial charge in [0.2, 0.25) is 0 Å². The normalized spacial score (nSPS) is 17.0. The van der Waals surface area contributed by atoms with Crippen LogP contribution in [0.2, 0.25) is 0 Å². The van der Waals surface area contributed by atoms with E-state index in [-0.39, 0.29) is 23.9 Å². The number of nitrogens with one attached hydrogen (secondary N) is 2. The van der Waals surface area contributed by atoms with Gasteiger partial charge in [0.05, 0.1) is 0 Å². The van der Waals surface area contributed by atoms with E-state index in [1.165, 1.54) is 19.3 Å². The van der Waals surface area contributed by atoms with Crippen molar-refractivity contribution in [3.8, 4) is 0 Å². The molecule has 0 radical (unpaired) electrons. The molecule has 0 spiro atoms. The van der Waals surface area contributed by atoms with Gasteiger partial charge in [0.15, 0.2) is 0 Å². The largest absolute Gasteiger partial charge is 0.335 e. The van der Waals surface area contributed by atoms with Crippen LogP contribution in [0.1, 0.15) is 52.8 Å². The molecule has 0 bridgehead atoms. The summed E-state index contributed by atoms with van der Waals surface area (Å²) >= 11 is 0. The van der Waals surface area contributed by atoms with Gasteiger partial charge in [0.25, 0.3) is 11.8 Å². The number of carbonyl (C=O) groups is 3. The Labute approximate surface area is 188 Å². The number of rotatable bonds is 4. The third-order valence-corrected chi connectivity index (χ3v) is 6.21. The van der Waals surface area contributed by atoms with Gasteiger partial charge in [-0.2, -0.15) is 0 Å². The summed E-state index contributed by atoms with van der Waals surface area (Å²) in [5, 5.41) is 5.99. The van der Waals surface area contributed by atoms with Gasteiger partial charge in [-0.25, -0.2) is 4.79 Å². The topological polar surface area (TPSA) is 81.8 Å². The molecular formula is C25H30N4O3. The van der Waals surface area contributed by atoms with Crippen LogP contribution in [-0.2, 0) is 0 Å². The van der Waals surface area contributed by atoms with Gasteiger partial charge in [-0.05, 0) is 49.2 Å². The van der Waals surface area contributed by atoms with Gasteiger partial charge in [-0.15, -0.1) is 0 Å². The van der Waals surface area contributed by atoms with E-state index in [1.807, 2.05) is 18.2 Å². The Hall–Kier alpha value is -3.35. The molecule has 4 amide bonds. The lowest BCUT2D eigenvalue weighted by atomic mass is 9.96. The number of urea groups is 1. The van der Waals surface area contributed by atoms with Gasteiger partial charge in [0, 0.05) is 49.0 Å². The van der Waals surface area contributed by atoms with Gasteiger partial charge < -0.3 is 20.4 Å². The smallest absolute Gasteiger partial charge is 0.317 e. The fourth-order valence-corrected chi connectivity index (χ4v) is 4.30. The maximum Gasteiger partial charge on any atom is 0.317 e. The first-order valence-corrected chi connectivity index (χ1v) is 11.4. The molecule has 1 heterocycles. The lowest BCUT2D eigenvalue weighted by molar-refractivity contribution is 0.0662. The minimum atomic E-state index is -0.188. The summed E-state index contributed by atoms with van der Waals surface area (Å²) in [4.78, 5) is 41.2. The quantitative estimate of drug-likeness (QED) is 0.769. The second-order valence-corrected chi connectivity index (χ2v) is 8.46. The van der Waals surface area contributed by atoms with E-state index >= 15 is 0 Å². The van der Waals surface area contributed by atoms with Crippen molar-refractivity contribution < 1.29 is 14.4 Å². The molecule has 7 nitrogen and oxygen atoms in total. The summed E-state index contributed by atoms with van der Waals surface area (Å²) in [5.74, 6) is -0.245. The number of piperazine rings is 1. The van der Waals surface area contributed by atoms with Crippen LogP contribution in [-0.4, -0.2) is 59.9 Å². The second-order valence-electron chi connectivity index (χ2n) is 8.46. The van der Waals surface area contributed by atoms with Crippen LogP contribution in [0, 0.1) is 0 Å². The van der Waals surface area contributed by atoms with Gasteiger partial charge in [-0.3, -0.25) is 9.59 Å². The highest BCUT2D eigenvalue weighted by molar-refractivity contribution is 6.04. The van der Waals surface area contributed by atoms with Crippen molar-refractivity contribution in [3.05, 3.63) is 65.7 Å². The Morgan fingerprint density at radius 2 is 1.34 bits per heavy atom. The fourth-order valence-electron chi connectivity index (χ4n) is 4.30. The molecule has 1 aliphatic heterocycles. The summed E-state index contributed by atoms with van der Waals surface area (Å²) in [7, 11) is 0. The Bertz CT molecular complexity index is 931. The molecule has 0 atom stereocenters. The average Bonchev–Trinajstić information content (AvgIpc) is 2.85. The molecule has 7 heteroatoms. The summed E-state index contributed by atoms with van der Waals surface area (Å²) in [6.45, 7) is 2.11. The van der Waals surface area contributed by atoms with Crippen molar-refractivity contribution in [1.29, 1.82) is 0 Å². The first-order chi connectivity index (χ1) is 15.6. The van der Waals surface area contributed by atoms with E-state index in [1.54, 1.807) is 46.2 Å². The molecule has 2 fully saturated rings. The molecule has 2 aromatic carbocycles. The summed E-state index contributed by atoms with van der Waals surface area (Å²) in [6, 6.07) is 16.2. The molecule has 1 aliphatic carbocycles. The molecule has 1 saturated heterocycles. The first kappa shape index (κ1) is 21.9. The van der Waals surface area contributed by atoms with Crippen LogP contribution in [0.15, 0.2) is 54.6 Å². The Morgan fingerprint density at radius 3 is 2.00 bits per heavy atom. The van der Waals surface area contributed by atoms with Gasteiger partial charge >= 0.3 is 6.03 Å². The highest BCUT2D eigenvalue weighted by atomic mass is 16.2.